The van der Waals surface area contributed by atoms with Crippen LogP contribution in [0.2, 0.25) is 0 Å². The number of ether oxygens (including phenoxy) is 2. The van der Waals surface area contributed by atoms with E-state index in [1.807, 2.05) is 6.07 Å². The molecule has 0 unspecified atom stereocenters. The van der Waals surface area contributed by atoms with Crippen molar-refractivity contribution in [2.45, 2.75) is 64.9 Å². The smallest absolute Gasteiger partial charge is 0.174 e. The lowest BCUT2D eigenvalue weighted by Crippen LogP contribution is -2.39. The molecule has 0 bridgehead atoms. The van der Waals surface area contributed by atoms with E-state index < -0.39 is 0 Å². The number of rotatable bonds is 6. The van der Waals surface area contributed by atoms with Crippen molar-refractivity contribution < 1.29 is 19.1 Å². The first-order valence-electron chi connectivity index (χ1n) is 12.8. The van der Waals surface area contributed by atoms with Crippen molar-refractivity contribution >= 4 is 34.2 Å². The van der Waals surface area contributed by atoms with Gasteiger partial charge in [0.05, 0.1) is 10.7 Å². The summed E-state index contributed by atoms with van der Waals surface area (Å²) in [4.78, 5) is 29.0. The average molecular weight is 597 g/mol. The molecule has 0 aromatic heterocycles. The third kappa shape index (κ3) is 4.49. The first kappa shape index (κ1) is 25.1. The van der Waals surface area contributed by atoms with E-state index in [2.05, 4.69) is 71.7 Å². The zero-order valence-corrected chi connectivity index (χ0v) is 23.3. The van der Waals surface area contributed by atoms with Gasteiger partial charge in [-0.3, -0.25) is 9.59 Å². The topological polar surface area (TPSA) is 55.8 Å². The molecule has 5 nitrogen and oxygen atoms in total. The summed E-state index contributed by atoms with van der Waals surface area (Å²) in [5, 5.41) is 0. The van der Waals surface area contributed by atoms with Crippen LogP contribution in [0.5, 0.6) is 11.5 Å². The summed E-state index contributed by atoms with van der Waals surface area (Å²) in [7, 11) is 1.64. The van der Waals surface area contributed by atoms with Gasteiger partial charge in [0.1, 0.15) is 6.61 Å². The number of Topliss-reactive ketones (excluding diaryl/α,β-unsaturated/α-hetero) is 2. The fourth-order valence-corrected chi connectivity index (χ4v) is 6.60. The van der Waals surface area contributed by atoms with Gasteiger partial charge in [-0.25, -0.2) is 0 Å². The number of hydrogen-bond acceptors (Lipinski definition) is 5. The average Bonchev–Trinajstić information content (AvgIpc) is 2.87. The molecule has 0 atom stereocenters. The minimum absolute atomic E-state index is 0.165. The Morgan fingerprint density at radius 3 is 2.11 bits per heavy atom. The zero-order chi connectivity index (χ0) is 25.4. The fourth-order valence-electron chi connectivity index (χ4n) is 5.82. The van der Waals surface area contributed by atoms with E-state index in [0.29, 0.717) is 30.9 Å². The first-order chi connectivity index (χ1) is 17.4. The van der Waals surface area contributed by atoms with Crippen LogP contribution in [-0.4, -0.2) is 30.1 Å². The number of methoxy groups -OCH3 is 1. The van der Waals surface area contributed by atoms with Gasteiger partial charge in [0, 0.05) is 47.8 Å². The van der Waals surface area contributed by atoms with Crippen molar-refractivity contribution in [3.05, 3.63) is 79.2 Å². The van der Waals surface area contributed by atoms with Gasteiger partial charge in [-0.2, -0.15) is 0 Å². The van der Waals surface area contributed by atoms with E-state index in [-0.39, 0.29) is 17.5 Å². The summed E-state index contributed by atoms with van der Waals surface area (Å²) in [6.07, 6.45) is 4.56. The van der Waals surface area contributed by atoms with Gasteiger partial charge >= 0.3 is 0 Å². The van der Waals surface area contributed by atoms with Crippen LogP contribution in [-0.2, 0) is 16.2 Å². The van der Waals surface area contributed by atoms with Crippen molar-refractivity contribution in [1.29, 1.82) is 0 Å². The Morgan fingerprint density at radius 2 is 1.56 bits per heavy atom. The number of carbonyl (C=O) groups is 2. The lowest BCUT2D eigenvalue weighted by Gasteiger charge is -2.43. The van der Waals surface area contributed by atoms with Gasteiger partial charge < -0.3 is 14.4 Å². The number of hydrogen-bond donors (Lipinski definition) is 0. The van der Waals surface area contributed by atoms with Gasteiger partial charge in [-0.05, 0) is 85.4 Å². The van der Waals surface area contributed by atoms with Gasteiger partial charge in [0.25, 0.3) is 0 Å². The van der Waals surface area contributed by atoms with Crippen molar-refractivity contribution in [3.63, 3.8) is 0 Å². The molecular weight excluding hydrogens is 565 g/mol. The number of aryl methyl sites for hydroxylation is 1. The Balaban J connectivity index is 1.59. The monoisotopic (exact) mass is 597 g/mol. The summed E-state index contributed by atoms with van der Waals surface area (Å²) in [5.74, 6) is 1.29. The maximum absolute atomic E-state index is 13.4. The van der Waals surface area contributed by atoms with E-state index >= 15 is 0 Å². The number of halogens is 1. The van der Waals surface area contributed by atoms with Crippen molar-refractivity contribution in [2.75, 3.05) is 13.7 Å². The third-order valence-electron chi connectivity index (χ3n) is 7.49. The Hall–Kier alpha value is -2.61. The number of allylic oxidation sites excluding steroid dienone is 4. The molecule has 6 heteroatoms. The standard InChI is InChI=1S/C30H32INO4/c1-4-32-22-7-5-9-24(33)28(22)27(29-23(32)8-6-10-25(29)34)20-15-21(31)30(26(16-20)35-3)36-17-19-13-11-18(2)12-14-19/h11-16,27H,4-10,17H2,1-3H3. The van der Waals surface area contributed by atoms with Crippen molar-refractivity contribution in [3.8, 4) is 11.5 Å². The molecule has 0 saturated carbocycles. The molecule has 0 spiro atoms. The summed E-state index contributed by atoms with van der Waals surface area (Å²) in [6, 6.07) is 12.3. The van der Waals surface area contributed by atoms with E-state index in [4.69, 9.17) is 9.47 Å². The largest absolute Gasteiger partial charge is 0.493 e. The second-order valence-electron chi connectivity index (χ2n) is 9.76. The van der Waals surface area contributed by atoms with Crippen LogP contribution in [0.15, 0.2) is 58.9 Å². The SMILES string of the molecule is CCN1C2=C(C(=O)CCC2)C(c2cc(I)c(OCc3ccc(C)cc3)c(OC)c2)C2=C1CCCC2=O. The lowest BCUT2D eigenvalue weighted by atomic mass is 9.71. The highest BCUT2D eigenvalue weighted by molar-refractivity contribution is 14.1. The van der Waals surface area contributed by atoms with E-state index in [1.54, 1.807) is 7.11 Å². The maximum atomic E-state index is 13.4. The van der Waals surface area contributed by atoms with Crippen LogP contribution in [0.25, 0.3) is 0 Å². The summed E-state index contributed by atoms with van der Waals surface area (Å²) in [5.41, 5.74) is 7.06. The normalized spacial score (nSPS) is 18.4. The number of carbonyl (C=O) groups excluding carboxylic acids is 2. The fraction of sp³-hybridized carbons (Fsp3) is 0.400. The van der Waals surface area contributed by atoms with Gasteiger partial charge in [0.2, 0.25) is 0 Å². The van der Waals surface area contributed by atoms with Crippen LogP contribution in [0.4, 0.5) is 0 Å². The molecule has 2 aromatic carbocycles. The Bertz CT molecular complexity index is 1230. The maximum Gasteiger partial charge on any atom is 0.174 e. The van der Waals surface area contributed by atoms with Crippen LogP contribution in [0.1, 0.15) is 68.1 Å². The number of ketones is 2. The molecule has 0 radical (unpaired) electrons. The minimum atomic E-state index is -0.341. The molecule has 2 aliphatic carbocycles. The van der Waals surface area contributed by atoms with Gasteiger partial charge in [0.15, 0.2) is 23.1 Å². The van der Waals surface area contributed by atoms with Crippen molar-refractivity contribution in [2.24, 2.45) is 0 Å². The second-order valence-corrected chi connectivity index (χ2v) is 10.9. The van der Waals surface area contributed by atoms with Crippen LogP contribution in [0.3, 0.4) is 0 Å². The summed E-state index contributed by atoms with van der Waals surface area (Å²) >= 11 is 2.28. The molecule has 0 amide bonds. The molecule has 2 aromatic rings. The molecule has 1 heterocycles. The number of benzene rings is 2. The second kappa shape index (κ2) is 10.4. The van der Waals surface area contributed by atoms with Gasteiger partial charge in [-0.15, -0.1) is 0 Å². The Morgan fingerprint density at radius 1 is 0.944 bits per heavy atom. The third-order valence-corrected chi connectivity index (χ3v) is 8.29. The minimum Gasteiger partial charge on any atom is -0.493 e. The molecule has 36 heavy (non-hydrogen) atoms. The first-order valence-corrected chi connectivity index (χ1v) is 13.9. The van der Waals surface area contributed by atoms with Crippen LogP contribution in [0, 0.1) is 10.5 Å². The van der Waals surface area contributed by atoms with Crippen LogP contribution >= 0.6 is 22.6 Å². The molecule has 0 saturated heterocycles. The lowest BCUT2D eigenvalue weighted by molar-refractivity contribution is -0.117. The quantitative estimate of drug-likeness (QED) is 0.351. The molecule has 3 aliphatic rings. The molecule has 188 valence electrons. The summed E-state index contributed by atoms with van der Waals surface area (Å²) < 4.78 is 12.9. The molecule has 5 rings (SSSR count). The predicted molar refractivity (Wildman–Crippen MR) is 148 cm³/mol. The number of nitrogens with zero attached hydrogens (tertiary/aromatic N) is 1. The van der Waals surface area contributed by atoms with Gasteiger partial charge in [-0.1, -0.05) is 29.8 Å². The molecule has 1 aliphatic heterocycles. The van der Waals surface area contributed by atoms with E-state index in [9.17, 15) is 9.59 Å². The molecule has 0 N–H and O–H groups in total. The highest BCUT2D eigenvalue weighted by Gasteiger charge is 2.43. The predicted octanol–water partition coefficient (Wildman–Crippen LogP) is 6.62. The Kier molecular flexibility index (Phi) is 7.24. The van der Waals surface area contributed by atoms with E-state index in [0.717, 1.165) is 69.5 Å². The van der Waals surface area contributed by atoms with Crippen LogP contribution < -0.4 is 9.47 Å². The summed E-state index contributed by atoms with van der Waals surface area (Å²) in [6.45, 7) is 5.38. The zero-order valence-electron chi connectivity index (χ0n) is 21.2. The highest BCUT2D eigenvalue weighted by atomic mass is 127. The Labute approximate surface area is 226 Å². The van der Waals surface area contributed by atoms with E-state index in [1.165, 1.54) is 5.56 Å². The highest BCUT2D eigenvalue weighted by Crippen LogP contribution is 2.50. The molecular formula is C30H32INO4. The van der Waals surface area contributed by atoms with Crippen molar-refractivity contribution in [1.82, 2.24) is 4.90 Å². The molecule has 0 fully saturated rings.